The van der Waals surface area contributed by atoms with E-state index in [1.165, 1.54) is 6.26 Å². The van der Waals surface area contributed by atoms with E-state index in [9.17, 15) is 9.90 Å². The predicted octanol–water partition coefficient (Wildman–Crippen LogP) is 3.56. The molecule has 2 amide bonds. The van der Waals surface area contributed by atoms with Gasteiger partial charge >= 0.3 is 6.03 Å². The van der Waals surface area contributed by atoms with Gasteiger partial charge in [-0.1, -0.05) is 12.1 Å². The van der Waals surface area contributed by atoms with Crippen molar-refractivity contribution in [1.82, 2.24) is 5.32 Å². The van der Waals surface area contributed by atoms with Crippen LogP contribution in [-0.4, -0.2) is 24.0 Å². The monoisotopic (exact) mass is 320 g/mol. The van der Waals surface area contributed by atoms with Gasteiger partial charge in [0.25, 0.3) is 0 Å². The number of hydrogen-bond donors (Lipinski definition) is 3. The quantitative estimate of drug-likeness (QED) is 0.761. The number of benzene rings is 1. The molecule has 0 aliphatic heterocycles. The van der Waals surface area contributed by atoms with Gasteiger partial charge in [-0.15, -0.1) is 0 Å². The van der Waals surface area contributed by atoms with E-state index in [1.54, 1.807) is 23.9 Å². The molecule has 2 aromatic rings. The number of nitrogens with one attached hydrogen (secondary N) is 2. The number of anilines is 1. The number of aliphatic hydroxyl groups excluding tert-OH is 1. The van der Waals surface area contributed by atoms with E-state index in [2.05, 4.69) is 17.6 Å². The Balaban J connectivity index is 1.99. The number of carbonyl (C=O) groups is 1. The molecular weight excluding hydrogens is 300 g/mol. The van der Waals surface area contributed by atoms with Crippen LogP contribution in [0.3, 0.4) is 0 Å². The van der Waals surface area contributed by atoms with Crippen LogP contribution in [-0.2, 0) is 0 Å². The molecule has 0 saturated carbocycles. The highest BCUT2D eigenvalue weighted by Crippen LogP contribution is 2.27. The first kappa shape index (κ1) is 16.5. The maximum absolute atomic E-state index is 12.0. The van der Waals surface area contributed by atoms with Crippen molar-refractivity contribution in [3.8, 4) is 0 Å². The Kier molecular flexibility index (Phi) is 5.91. The highest BCUT2D eigenvalue weighted by Gasteiger charge is 2.16. The van der Waals surface area contributed by atoms with Crippen LogP contribution in [0.1, 0.15) is 29.5 Å². The number of thioether (sulfide) groups is 1. The number of rotatable bonds is 6. The summed E-state index contributed by atoms with van der Waals surface area (Å²) in [6, 6.07) is 10.2. The molecule has 0 unspecified atom stereocenters. The minimum atomic E-state index is -0.566. The van der Waals surface area contributed by atoms with Gasteiger partial charge in [0.15, 0.2) is 0 Å². The van der Waals surface area contributed by atoms with E-state index >= 15 is 0 Å². The number of aliphatic hydroxyl groups is 1. The molecule has 0 fully saturated rings. The number of hydrogen-bond acceptors (Lipinski definition) is 4. The molecule has 22 heavy (non-hydrogen) atoms. The van der Waals surface area contributed by atoms with Gasteiger partial charge < -0.3 is 20.2 Å². The Morgan fingerprint density at radius 1 is 1.36 bits per heavy atom. The van der Waals surface area contributed by atoms with Crippen LogP contribution >= 0.6 is 11.8 Å². The molecule has 1 heterocycles. The molecule has 0 spiro atoms. The summed E-state index contributed by atoms with van der Waals surface area (Å²) >= 11 is 1.74. The number of urea groups is 1. The second-order valence-corrected chi connectivity index (χ2v) is 6.03. The van der Waals surface area contributed by atoms with Gasteiger partial charge in [-0.25, -0.2) is 4.79 Å². The van der Waals surface area contributed by atoms with Crippen LogP contribution in [0.5, 0.6) is 0 Å². The fraction of sp³-hybridized carbons (Fsp3) is 0.312. The van der Waals surface area contributed by atoms with E-state index in [1.807, 2.05) is 30.5 Å². The summed E-state index contributed by atoms with van der Waals surface area (Å²) in [6.07, 6.45) is 3.55. The SMILES string of the molecule is CS[C@@H](C)c1cccc(NC(=O)N[C@H](CO)c2ccco2)c1. The second-order valence-electron chi connectivity index (χ2n) is 4.85. The van der Waals surface area contributed by atoms with Crippen LogP contribution in [0.4, 0.5) is 10.5 Å². The lowest BCUT2D eigenvalue weighted by molar-refractivity contribution is 0.215. The lowest BCUT2D eigenvalue weighted by Crippen LogP contribution is -2.34. The highest BCUT2D eigenvalue weighted by molar-refractivity contribution is 7.98. The summed E-state index contributed by atoms with van der Waals surface area (Å²) in [6.45, 7) is 1.88. The van der Waals surface area contributed by atoms with Gasteiger partial charge in [0.2, 0.25) is 0 Å². The molecule has 118 valence electrons. The van der Waals surface area contributed by atoms with E-state index in [0.29, 0.717) is 16.7 Å². The lowest BCUT2D eigenvalue weighted by atomic mass is 10.1. The van der Waals surface area contributed by atoms with Gasteiger partial charge in [0, 0.05) is 10.9 Å². The molecule has 2 rings (SSSR count). The van der Waals surface area contributed by atoms with Crippen LogP contribution in [0, 0.1) is 0 Å². The van der Waals surface area contributed by atoms with Crippen LogP contribution < -0.4 is 10.6 Å². The number of furan rings is 1. The van der Waals surface area contributed by atoms with Crippen molar-refractivity contribution in [3.05, 3.63) is 54.0 Å². The Bertz CT molecular complexity index is 601. The summed E-state index contributed by atoms with van der Waals surface area (Å²) < 4.78 is 5.20. The highest BCUT2D eigenvalue weighted by atomic mass is 32.2. The van der Waals surface area contributed by atoms with Crippen molar-refractivity contribution in [2.75, 3.05) is 18.2 Å². The largest absolute Gasteiger partial charge is 0.467 e. The Labute approximate surface area is 134 Å². The van der Waals surface area contributed by atoms with Gasteiger partial charge in [0.1, 0.15) is 11.8 Å². The van der Waals surface area contributed by atoms with Crippen LogP contribution in [0.25, 0.3) is 0 Å². The molecule has 0 bridgehead atoms. The topological polar surface area (TPSA) is 74.5 Å². The molecular formula is C16H20N2O3S. The Hall–Kier alpha value is -1.92. The molecule has 0 aliphatic carbocycles. The maximum Gasteiger partial charge on any atom is 0.319 e. The zero-order valence-electron chi connectivity index (χ0n) is 12.6. The van der Waals surface area contributed by atoms with Crippen molar-refractivity contribution < 1.29 is 14.3 Å². The van der Waals surface area contributed by atoms with Crippen molar-refractivity contribution >= 4 is 23.5 Å². The second kappa shape index (κ2) is 7.91. The first-order valence-corrected chi connectivity index (χ1v) is 8.27. The Morgan fingerprint density at radius 3 is 2.82 bits per heavy atom. The minimum Gasteiger partial charge on any atom is -0.467 e. The predicted molar refractivity (Wildman–Crippen MR) is 89.1 cm³/mol. The standard InChI is InChI=1S/C16H20N2O3S/c1-11(22-2)12-5-3-6-13(9-12)17-16(20)18-14(10-19)15-7-4-8-21-15/h3-9,11,14,19H,10H2,1-2H3,(H2,17,18,20)/t11-,14+/m0/s1. The lowest BCUT2D eigenvalue weighted by Gasteiger charge is -2.15. The third-order valence-electron chi connectivity index (χ3n) is 3.34. The molecule has 0 saturated heterocycles. The van der Waals surface area contributed by atoms with E-state index in [0.717, 1.165) is 5.56 Å². The molecule has 1 aromatic carbocycles. The zero-order valence-corrected chi connectivity index (χ0v) is 13.4. The summed E-state index contributed by atoms with van der Waals surface area (Å²) in [7, 11) is 0. The van der Waals surface area contributed by atoms with Crippen molar-refractivity contribution in [3.63, 3.8) is 0 Å². The summed E-state index contributed by atoms with van der Waals surface area (Å²) in [5.41, 5.74) is 1.86. The van der Waals surface area contributed by atoms with Crippen molar-refractivity contribution in [2.24, 2.45) is 0 Å². The first-order chi connectivity index (χ1) is 10.6. The molecule has 2 atom stereocenters. The van der Waals surface area contributed by atoms with Crippen molar-refractivity contribution in [2.45, 2.75) is 18.2 Å². The van der Waals surface area contributed by atoms with Gasteiger partial charge in [-0.3, -0.25) is 0 Å². The summed E-state index contributed by atoms with van der Waals surface area (Å²) in [5, 5.41) is 15.2. The van der Waals surface area contributed by atoms with Crippen molar-refractivity contribution in [1.29, 1.82) is 0 Å². The van der Waals surface area contributed by atoms with E-state index in [-0.39, 0.29) is 12.6 Å². The van der Waals surface area contributed by atoms with Crippen LogP contribution in [0.2, 0.25) is 0 Å². The molecule has 0 radical (unpaired) electrons. The number of carbonyl (C=O) groups excluding carboxylic acids is 1. The van der Waals surface area contributed by atoms with Gasteiger partial charge in [-0.05, 0) is 43.0 Å². The van der Waals surface area contributed by atoms with E-state index in [4.69, 9.17) is 4.42 Å². The zero-order chi connectivity index (χ0) is 15.9. The van der Waals surface area contributed by atoms with E-state index < -0.39 is 6.04 Å². The first-order valence-electron chi connectivity index (χ1n) is 6.98. The number of amides is 2. The minimum absolute atomic E-state index is 0.232. The average molecular weight is 320 g/mol. The maximum atomic E-state index is 12.0. The molecule has 5 nitrogen and oxygen atoms in total. The van der Waals surface area contributed by atoms with Crippen LogP contribution in [0.15, 0.2) is 47.1 Å². The normalized spacial score (nSPS) is 13.4. The molecule has 6 heteroatoms. The van der Waals surface area contributed by atoms with Gasteiger partial charge in [-0.2, -0.15) is 11.8 Å². The average Bonchev–Trinajstić information content (AvgIpc) is 3.06. The summed E-state index contributed by atoms with van der Waals surface area (Å²) in [5.74, 6) is 0.516. The van der Waals surface area contributed by atoms with Gasteiger partial charge in [0.05, 0.1) is 12.9 Å². The third-order valence-corrected chi connectivity index (χ3v) is 4.32. The smallest absolute Gasteiger partial charge is 0.319 e. The third kappa shape index (κ3) is 4.29. The molecule has 1 aromatic heterocycles. The summed E-state index contributed by atoms with van der Waals surface area (Å²) in [4.78, 5) is 12.0. The fourth-order valence-corrected chi connectivity index (χ4v) is 2.45. The fourth-order valence-electron chi connectivity index (χ4n) is 2.03. The molecule has 3 N–H and O–H groups in total. The molecule has 0 aliphatic rings. The Morgan fingerprint density at radius 2 is 2.18 bits per heavy atom.